The van der Waals surface area contributed by atoms with Gasteiger partial charge in [0, 0.05) is 12.5 Å². The van der Waals surface area contributed by atoms with Crippen LogP contribution in [0.25, 0.3) is 0 Å². The van der Waals surface area contributed by atoms with Gasteiger partial charge in [0.25, 0.3) is 10.0 Å². The second-order valence-electron chi connectivity index (χ2n) is 8.31. The van der Waals surface area contributed by atoms with Crippen LogP contribution in [0.1, 0.15) is 48.8 Å². The minimum Gasteiger partial charge on any atom is -0.306 e. The molecular formula is C22H28N2O2S. The summed E-state index contributed by atoms with van der Waals surface area (Å²) in [6, 6.07) is 13.6. The van der Waals surface area contributed by atoms with Crippen LogP contribution in [0.3, 0.4) is 0 Å². The fourth-order valence-electron chi connectivity index (χ4n) is 4.49. The monoisotopic (exact) mass is 384 g/mol. The number of fused-ring (bicyclic) bond motifs is 3. The largest absolute Gasteiger partial charge is 0.306 e. The first-order valence-corrected chi connectivity index (χ1v) is 11.2. The molecule has 0 saturated carbocycles. The number of nitrogens with zero attached hydrogens (tertiary/aromatic N) is 2. The van der Waals surface area contributed by atoms with E-state index in [9.17, 15) is 8.42 Å². The van der Waals surface area contributed by atoms with E-state index in [1.807, 2.05) is 24.3 Å². The first kappa shape index (κ1) is 18.5. The molecule has 27 heavy (non-hydrogen) atoms. The Labute approximate surface area is 162 Å². The molecule has 144 valence electrons. The lowest BCUT2D eigenvalue weighted by Gasteiger charge is -2.36. The maximum atomic E-state index is 13.6. The van der Waals surface area contributed by atoms with Crippen molar-refractivity contribution < 1.29 is 8.42 Å². The number of benzene rings is 2. The van der Waals surface area contributed by atoms with Crippen molar-refractivity contribution in [1.29, 1.82) is 0 Å². The number of aryl methyl sites for hydroxylation is 1. The van der Waals surface area contributed by atoms with Crippen molar-refractivity contribution in [2.75, 3.05) is 24.4 Å². The van der Waals surface area contributed by atoms with E-state index in [0.29, 0.717) is 10.8 Å². The third-order valence-electron chi connectivity index (χ3n) is 6.00. The summed E-state index contributed by atoms with van der Waals surface area (Å²) in [4.78, 5) is 2.69. The highest BCUT2D eigenvalue weighted by Crippen LogP contribution is 2.47. The minimum atomic E-state index is -3.58. The van der Waals surface area contributed by atoms with Crippen LogP contribution in [0, 0.1) is 6.92 Å². The molecule has 0 aliphatic carbocycles. The van der Waals surface area contributed by atoms with Gasteiger partial charge >= 0.3 is 0 Å². The van der Waals surface area contributed by atoms with Crippen LogP contribution in [0.4, 0.5) is 5.69 Å². The molecule has 0 N–H and O–H groups in total. The van der Waals surface area contributed by atoms with Gasteiger partial charge in [0.2, 0.25) is 0 Å². The highest BCUT2D eigenvalue weighted by molar-refractivity contribution is 7.92. The number of rotatable bonds is 3. The van der Waals surface area contributed by atoms with E-state index in [-0.39, 0.29) is 12.0 Å². The number of hydrogen-bond donors (Lipinski definition) is 0. The number of likely N-dealkylation sites (N-methyl/N-ethyl adjacent to an activating group) is 1. The fraction of sp³-hybridized carbons (Fsp3) is 0.455. The molecule has 4 nitrogen and oxygen atoms in total. The van der Waals surface area contributed by atoms with Gasteiger partial charge in [0.1, 0.15) is 0 Å². The number of hydrogen-bond acceptors (Lipinski definition) is 3. The van der Waals surface area contributed by atoms with E-state index < -0.39 is 10.0 Å². The maximum Gasteiger partial charge on any atom is 0.264 e. The van der Waals surface area contributed by atoms with Crippen molar-refractivity contribution in [1.82, 2.24) is 4.90 Å². The van der Waals surface area contributed by atoms with E-state index in [4.69, 9.17) is 0 Å². The summed E-state index contributed by atoms with van der Waals surface area (Å²) >= 11 is 0. The first-order valence-electron chi connectivity index (χ1n) is 9.72. The Morgan fingerprint density at radius 3 is 2.44 bits per heavy atom. The summed E-state index contributed by atoms with van der Waals surface area (Å²) < 4.78 is 28.9. The SMILES string of the molecule is Cc1ccc2c(c1)[C@H]1CN(C)CC[C@@H]1N2S(=O)(=O)c1ccc(C(C)C)cc1. The number of anilines is 1. The number of sulfonamides is 1. The highest BCUT2D eigenvalue weighted by atomic mass is 32.2. The zero-order valence-corrected chi connectivity index (χ0v) is 17.3. The van der Waals surface area contributed by atoms with Gasteiger partial charge in [0.05, 0.1) is 16.6 Å². The van der Waals surface area contributed by atoms with Crippen molar-refractivity contribution in [2.45, 2.75) is 50.0 Å². The Hall–Kier alpha value is -1.85. The van der Waals surface area contributed by atoms with Crippen LogP contribution < -0.4 is 4.31 Å². The molecule has 1 saturated heterocycles. The van der Waals surface area contributed by atoms with E-state index >= 15 is 0 Å². The quantitative estimate of drug-likeness (QED) is 0.799. The Kier molecular flexibility index (Phi) is 4.55. The van der Waals surface area contributed by atoms with E-state index in [2.05, 4.69) is 38.8 Å². The molecule has 0 amide bonds. The van der Waals surface area contributed by atoms with Crippen LogP contribution in [-0.2, 0) is 10.0 Å². The van der Waals surface area contributed by atoms with Crippen LogP contribution >= 0.6 is 0 Å². The zero-order valence-electron chi connectivity index (χ0n) is 16.5. The molecule has 0 unspecified atom stereocenters. The Morgan fingerprint density at radius 2 is 1.78 bits per heavy atom. The summed E-state index contributed by atoms with van der Waals surface area (Å²) in [6.07, 6.45) is 0.859. The van der Waals surface area contributed by atoms with Crippen molar-refractivity contribution in [3.05, 3.63) is 59.2 Å². The Bertz CT molecular complexity index is 951. The first-order chi connectivity index (χ1) is 12.8. The average molecular weight is 385 g/mol. The molecule has 2 aromatic rings. The summed E-state index contributed by atoms with van der Waals surface area (Å²) in [5, 5.41) is 0. The lowest BCUT2D eigenvalue weighted by Crippen LogP contribution is -2.47. The lowest BCUT2D eigenvalue weighted by molar-refractivity contribution is 0.237. The van der Waals surface area contributed by atoms with Crippen LogP contribution in [0.15, 0.2) is 47.4 Å². The van der Waals surface area contributed by atoms with Gasteiger partial charge in [-0.15, -0.1) is 0 Å². The summed E-state index contributed by atoms with van der Waals surface area (Å²) in [7, 11) is -1.46. The molecule has 0 bridgehead atoms. The topological polar surface area (TPSA) is 40.6 Å². The maximum absolute atomic E-state index is 13.6. The molecule has 0 radical (unpaired) electrons. The van der Waals surface area contributed by atoms with Crippen molar-refractivity contribution in [3.8, 4) is 0 Å². The lowest BCUT2D eigenvalue weighted by atomic mass is 9.89. The molecule has 0 aromatic heterocycles. The van der Waals surface area contributed by atoms with E-state index in [1.54, 1.807) is 16.4 Å². The van der Waals surface area contributed by atoms with E-state index in [0.717, 1.165) is 30.8 Å². The second-order valence-corrected chi connectivity index (χ2v) is 10.1. The van der Waals surface area contributed by atoms with Gasteiger partial charge in [-0.05, 0) is 62.2 Å². The van der Waals surface area contributed by atoms with Gasteiger partial charge in [-0.3, -0.25) is 4.31 Å². The molecule has 2 aliphatic rings. The number of likely N-dealkylation sites (tertiary alicyclic amines) is 1. The third kappa shape index (κ3) is 3.07. The molecule has 2 aromatic carbocycles. The van der Waals surface area contributed by atoms with Crippen molar-refractivity contribution in [3.63, 3.8) is 0 Å². The highest BCUT2D eigenvalue weighted by Gasteiger charge is 2.46. The van der Waals surface area contributed by atoms with Crippen LogP contribution in [-0.4, -0.2) is 39.5 Å². The molecule has 2 aliphatic heterocycles. The molecule has 4 rings (SSSR count). The van der Waals surface area contributed by atoms with Gasteiger partial charge in [0.15, 0.2) is 0 Å². The van der Waals surface area contributed by atoms with E-state index in [1.165, 1.54) is 11.1 Å². The van der Waals surface area contributed by atoms with Gasteiger partial charge in [-0.1, -0.05) is 43.7 Å². The van der Waals surface area contributed by atoms with Gasteiger partial charge in [-0.25, -0.2) is 8.42 Å². The fourth-order valence-corrected chi connectivity index (χ4v) is 6.23. The summed E-state index contributed by atoms with van der Waals surface area (Å²) in [5.74, 6) is 0.624. The predicted octanol–water partition coefficient (Wildman–Crippen LogP) is 4.12. The molecule has 2 atom stereocenters. The second kappa shape index (κ2) is 6.64. The minimum absolute atomic E-state index is 0.00720. The molecule has 1 fully saturated rings. The smallest absolute Gasteiger partial charge is 0.264 e. The zero-order chi connectivity index (χ0) is 19.3. The molecule has 2 heterocycles. The molecule has 5 heteroatoms. The molecular weight excluding hydrogens is 356 g/mol. The standard InChI is InChI=1S/C22H28N2O2S/c1-15(2)17-6-8-18(9-7-17)27(25,26)24-21-10-5-16(3)13-19(21)20-14-23(4)12-11-22(20)24/h5-10,13,15,20,22H,11-12,14H2,1-4H3/t20-,22+/m1/s1. The predicted molar refractivity (Wildman–Crippen MR) is 110 cm³/mol. The van der Waals surface area contributed by atoms with Gasteiger partial charge < -0.3 is 4.90 Å². The van der Waals surface area contributed by atoms with Crippen LogP contribution in [0.5, 0.6) is 0 Å². The Balaban J connectivity index is 1.80. The normalized spacial score (nSPS) is 22.8. The summed E-state index contributed by atoms with van der Waals surface area (Å²) in [5.41, 5.74) is 4.37. The van der Waals surface area contributed by atoms with Crippen molar-refractivity contribution >= 4 is 15.7 Å². The summed E-state index contributed by atoms with van der Waals surface area (Å²) in [6.45, 7) is 8.13. The average Bonchev–Trinajstić information content (AvgIpc) is 2.95. The molecule has 0 spiro atoms. The van der Waals surface area contributed by atoms with Crippen molar-refractivity contribution in [2.24, 2.45) is 0 Å². The Morgan fingerprint density at radius 1 is 1.07 bits per heavy atom. The third-order valence-corrected chi connectivity index (χ3v) is 7.86. The van der Waals surface area contributed by atoms with Gasteiger partial charge in [-0.2, -0.15) is 0 Å². The number of piperidine rings is 1. The van der Waals surface area contributed by atoms with Crippen LogP contribution in [0.2, 0.25) is 0 Å².